The van der Waals surface area contributed by atoms with Gasteiger partial charge in [0.25, 0.3) is 5.91 Å². The van der Waals surface area contributed by atoms with Crippen molar-refractivity contribution in [3.63, 3.8) is 0 Å². The molecule has 0 fully saturated rings. The van der Waals surface area contributed by atoms with Gasteiger partial charge in [0.1, 0.15) is 13.2 Å². The first-order valence-electron chi connectivity index (χ1n) is 9.78. The van der Waals surface area contributed by atoms with Crippen LogP contribution >= 0.6 is 0 Å². The van der Waals surface area contributed by atoms with Crippen molar-refractivity contribution in [1.82, 2.24) is 5.32 Å². The molecule has 0 spiro atoms. The first-order valence-corrected chi connectivity index (χ1v) is 9.78. The topological polar surface area (TPSA) is 73.9 Å². The zero-order chi connectivity index (χ0) is 21.0. The van der Waals surface area contributed by atoms with Gasteiger partial charge in [0.15, 0.2) is 18.1 Å². The van der Waals surface area contributed by atoms with Gasteiger partial charge in [-0.15, -0.1) is 0 Å². The van der Waals surface area contributed by atoms with E-state index in [1.807, 2.05) is 52.0 Å². The second kappa shape index (κ2) is 8.99. The van der Waals surface area contributed by atoms with Crippen LogP contribution in [-0.2, 0) is 9.53 Å². The van der Waals surface area contributed by atoms with Gasteiger partial charge in [0, 0.05) is 0 Å². The van der Waals surface area contributed by atoms with Gasteiger partial charge in [-0.2, -0.15) is 0 Å². The summed E-state index contributed by atoms with van der Waals surface area (Å²) in [6.45, 7) is 8.64. The first kappa shape index (κ1) is 20.7. The van der Waals surface area contributed by atoms with E-state index in [1.165, 1.54) is 0 Å². The molecule has 0 bridgehead atoms. The highest BCUT2D eigenvalue weighted by atomic mass is 16.6. The Bertz CT molecular complexity index is 906. The summed E-state index contributed by atoms with van der Waals surface area (Å²) < 4.78 is 16.4. The van der Waals surface area contributed by atoms with Crippen LogP contribution in [0.25, 0.3) is 0 Å². The molecule has 154 valence electrons. The van der Waals surface area contributed by atoms with E-state index in [0.717, 1.165) is 16.7 Å². The van der Waals surface area contributed by atoms with Crippen LogP contribution in [0.4, 0.5) is 0 Å². The summed E-state index contributed by atoms with van der Waals surface area (Å²) in [4.78, 5) is 24.7. The Morgan fingerprint density at radius 2 is 1.72 bits per heavy atom. The Morgan fingerprint density at radius 1 is 1.00 bits per heavy atom. The standard InChI is InChI=1S/C23H27NO5/c1-14(2)22(17-7-8-19-20(12-17)28-10-9-27-19)24-21(25)13-29-23(26)18-6-5-15(3)16(4)11-18/h5-8,11-12,14,22H,9-10,13H2,1-4H3,(H,24,25)/t22-/m1/s1. The molecular weight excluding hydrogens is 370 g/mol. The van der Waals surface area contributed by atoms with Crippen molar-refractivity contribution in [2.45, 2.75) is 33.7 Å². The normalized spacial score (nSPS) is 13.7. The van der Waals surface area contributed by atoms with Crippen molar-refractivity contribution in [1.29, 1.82) is 0 Å². The van der Waals surface area contributed by atoms with Crippen LogP contribution in [0.5, 0.6) is 11.5 Å². The second-order valence-corrected chi connectivity index (χ2v) is 7.57. The molecule has 0 saturated heterocycles. The summed E-state index contributed by atoms with van der Waals surface area (Å²) in [6, 6.07) is 10.8. The molecule has 0 saturated carbocycles. The van der Waals surface area contributed by atoms with Gasteiger partial charge in [-0.05, 0) is 60.7 Å². The summed E-state index contributed by atoms with van der Waals surface area (Å²) in [5.74, 6) is 0.655. The Labute approximate surface area is 171 Å². The number of rotatable bonds is 6. The fourth-order valence-electron chi connectivity index (χ4n) is 3.19. The average molecular weight is 397 g/mol. The summed E-state index contributed by atoms with van der Waals surface area (Å²) in [6.07, 6.45) is 0. The molecule has 3 rings (SSSR count). The van der Waals surface area contributed by atoms with Gasteiger partial charge in [-0.1, -0.05) is 26.0 Å². The molecule has 2 aromatic rings. The summed E-state index contributed by atoms with van der Waals surface area (Å²) in [7, 11) is 0. The molecule has 1 aliphatic heterocycles. The van der Waals surface area contributed by atoms with Crippen LogP contribution in [0.1, 0.15) is 46.9 Å². The lowest BCUT2D eigenvalue weighted by Gasteiger charge is -2.25. The van der Waals surface area contributed by atoms with E-state index in [0.29, 0.717) is 30.3 Å². The Hall–Kier alpha value is -3.02. The van der Waals surface area contributed by atoms with Crippen molar-refractivity contribution in [2.24, 2.45) is 5.92 Å². The van der Waals surface area contributed by atoms with Crippen LogP contribution in [0.2, 0.25) is 0 Å². The maximum Gasteiger partial charge on any atom is 0.338 e. The van der Waals surface area contributed by atoms with Gasteiger partial charge < -0.3 is 19.5 Å². The number of nitrogens with one attached hydrogen (secondary N) is 1. The molecule has 0 aromatic heterocycles. The number of benzene rings is 2. The Kier molecular flexibility index (Phi) is 6.42. The smallest absolute Gasteiger partial charge is 0.338 e. The van der Waals surface area contributed by atoms with Crippen molar-refractivity contribution >= 4 is 11.9 Å². The minimum Gasteiger partial charge on any atom is -0.486 e. The van der Waals surface area contributed by atoms with Gasteiger partial charge in [-0.25, -0.2) is 4.79 Å². The summed E-state index contributed by atoms with van der Waals surface area (Å²) >= 11 is 0. The number of carbonyl (C=O) groups is 2. The van der Waals surface area contributed by atoms with Crippen LogP contribution in [0, 0.1) is 19.8 Å². The van der Waals surface area contributed by atoms with Crippen molar-refractivity contribution in [3.8, 4) is 11.5 Å². The van der Waals surface area contributed by atoms with E-state index in [4.69, 9.17) is 14.2 Å². The number of esters is 1. The molecular formula is C23H27NO5. The van der Waals surface area contributed by atoms with E-state index in [9.17, 15) is 9.59 Å². The molecule has 2 aromatic carbocycles. The maximum atomic E-state index is 12.4. The molecule has 1 heterocycles. The largest absolute Gasteiger partial charge is 0.486 e. The summed E-state index contributed by atoms with van der Waals surface area (Å²) in [5.41, 5.74) is 3.45. The van der Waals surface area contributed by atoms with Gasteiger partial charge >= 0.3 is 5.97 Å². The predicted octanol–water partition coefficient (Wildman–Crippen LogP) is 3.74. The molecule has 1 aliphatic rings. The van der Waals surface area contributed by atoms with Crippen LogP contribution in [-0.4, -0.2) is 31.7 Å². The molecule has 1 atom stereocenters. The third-order valence-corrected chi connectivity index (χ3v) is 4.99. The van der Waals surface area contributed by atoms with E-state index < -0.39 is 5.97 Å². The molecule has 29 heavy (non-hydrogen) atoms. The highest BCUT2D eigenvalue weighted by molar-refractivity contribution is 5.91. The van der Waals surface area contributed by atoms with Crippen molar-refractivity contribution in [2.75, 3.05) is 19.8 Å². The van der Waals surface area contributed by atoms with Gasteiger partial charge in [0.2, 0.25) is 0 Å². The fraction of sp³-hybridized carbons (Fsp3) is 0.391. The van der Waals surface area contributed by atoms with Crippen LogP contribution in [0.3, 0.4) is 0 Å². The number of hydrogen-bond acceptors (Lipinski definition) is 5. The lowest BCUT2D eigenvalue weighted by Crippen LogP contribution is -2.35. The first-order chi connectivity index (χ1) is 13.8. The Morgan fingerprint density at radius 3 is 2.41 bits per heavy atom. The van der Waals surface area contributed by atoms with Gasteiger partial charge in [-0.3, -0.25) is 4.79 Å². The molecule has 1 amide bonds. The van der Waals surface area contributed by atoms with Crippen LogP contribution in [0.15, 0.2) is 36.4 Å². The molecule has 0 radical (unpaired) electrons. The van der Waals surface area contributed by atoms with E-state index in [2.05, 4.69) is 5.32 Å². The molecule has 1 N–H and O–H groups in total. The second-order valence-electron chi connectivity index (χ2n) is 7.57. The van der Waals surface area contributed by atoms with E-state index in [-0.39, 0.29) is 24.5 Å². The maximum absolute atomic E-state index is 12.4. The zero-order valence-corrected chi connectivity index (χ0v) is 17.3. The lowest BCUT2D eigenvalue weighted by atomic mass is 9.95. The van der Waals surface area contributed by atoms with E-state index >= 15 is 0 Å². The van der Waals surface area contributed by atoms with Crippen molar-refractivity contribution < 1.29 is 23.8 Å². The number of ether oxygens (including phenoxy) is 3. The number of aryl methyl sites for hydroxylation is 2. The molecule has 6 nitrogen and oxygen atoms in total. The highest BCUT2D eigenvalue weighted by Gasteiger charge is 2.22. The predicted molar refractivity (Wildman–Crippen MR) is 109 cm³/mol. The molecule has 6 heteroatoms. The monoisotopic (exact) mass is 397 g/mol. The van der Waals surface area contributed by atoms with Crippen molar-refractivity contribution in [3.05, 3.63) is 58.7 Å². The minimum absolute atomic E-state index is 0.136. The highest BCUT2D eigenvalue weighted by Crippen LogP contribution is 2.34. The Balaban J connectivity index is 1.62. The van der Waals surface area contributed by atoms with E-state index in [1.54, 1.807) is 12.1 Å². The minimum atomic E-state index is -0.510. The SMILES string of the molecule is Cc1ccc(C(=O)OCC(=O)N[C@@H](c2ccc3c(c2)OCCO3)C(C)C)cc1C. The average Bonchev–Trinajstić information content (AvgIpc) is 2.71. The lowest BCUT2D eigenvalue weighted by molar-refractivity contribution is -0.125. The number of hydrogen-bond donors (Lipinski definition) is 1. The van der Waals surface area contributed by atoms with Crippen LogP contribution < -0.4 is 14.8 Å². The third kappa shape index (κ3) is 5.08. The third-order valence-electron chi connectivity index (χ3n) is 4.99. The number of fused-ring (bicyclic) bond motifs is 1. The molecule has 0 aliphatic carbocycles. The number of amides is 1. The van der Waals surface area contributed by atoms with Gasteiger partial charge in [0.05, 0.1) is 11.6 Å². The fourth-order valence-corrected chi connectivity index (χ4v) is 3.19. The quantitative estimate of drug-likeness (QED) is 0.752. The summed E-state index contributed by atoms with van der Waals surface area (Å²) in [5, 5.41) is 2.95. The number of carbonyl (C=O) groups excluding carboxylic acids is 2. The zero-order valence-electron chi connectivity index (χ0n) is 17.3. The molecule has 0 unspecified atom stereocenters.